The van der Waals surface area contributed by atoms with Crippen LogP contribution in [0.2, 0.25) is 0 Å². The fourth-order valence-corrected chi connectivity index (χ4v) is 4.63. The second-order valence-electron chi connectivity index (χ2n) is 10.3. The summed E-state index contributed by atoms with van der Waals surface area (Å²) in [5.41, 5.74) is 4.89. The molecule has 1 aliphatic heterocycles. The van der Waals surface area contributed by atoms with Gasteiger partial charge in [-0.05, 0) is 43.4 Å². The molecule has 0 saturated heterocycles. The van der Waals surface area contributed by atoms with E-state index >= 15 is 0 Å². The molecule has 8 heteroatoms. The predicted molar refractivity (Wildman–Crippen MR) is 145 cm³/mol. The number of nitrogens with one attached hydrogen (secondary N) is 1. The highest BCUT2D eigenvalue weighted by Crippen LogP contribution is 2.41. The first-order valence-electron chi connectivity index (χ1n) is 12.1. The standard InChI is InChI=1S/C27H36N4O3.BrH/c1-6-30(11-12-32)22-14-19(13-20(25(22)34-5)27(2,3)4)23(33)16-31-15-18-9-10-21(17-7-8-17)29-24(18)26(31)28;/h9-10,13-14,17,28,32H,6-8,11-12,15-16H2,1-5H3;1H. The van der Waals surface area contributed by atoms with E-state index < -0.39 is 0 Å². The zero-order valence-electron chi connectivity index (χ0n) is 21.4. The maximum Gasteiger partial charge on any atom is 0.182 e. The average Bonchev–Trinajstić information content (AvgIpc) is 3.61. The van der Waals surface area contributed by atoms with Crippen molar-refractivity contribution in [3.63, 3.8) is 0 Å². The van der Waals surface area contributed by atoms with Crippen LogP contribution in [0.1, 0.15) is 79.3 Å². The number of anilines is 1. The van der Waals surface area contributed by atoms with Gasteiger partial charge in [-0.3, -0.25) is 10.2 Å². The molecule has 1 aliphatic carbocycles. The summed E-state index contributed by atoms with van der Waals surface area (Å²) in [6.45, 7) is 10.1. The molecule has 7 nitrogen and oxygen atoms in total. The maximum atomic E-state index is 13.5. The number of fused-ring (bicyclic) bond motifs is 1. The third-order valence-electron chi connectivity index (χ3n) is 6.73. The molecule has 4 rings (SSSR count). The number of methoxy groups -OCH3 is 1. The molecule has 190 valence electrons. The predicted octanol–water partition coefficient (Wildman–Crippen LogP) is 4.69. The summed E-state index contributed by atoms with van der Waals surface area (Å²) in [6.07, 6.45) is 2.34. The van der Waals surface area contributed by atoms with E-state index in [1.807, 2.05) is 28.9 Å². The number of Topliss-reactive ketones (excluding diaryl/α,β-unsaturated/α-hetero) is 1. The number of hydrogen-bond donors (Lipinski definition) is 2. The van der Waals surface area contributed by atoms with Crippen LogP contribution in [-0.4, -0.2) is 60.0 Å². The molecule has 2 aromatic rings. The normalized spacial score (nSPS) is 15.0. The summed E-state index contributed by atoms with van der Waals surface area (Å²) in [7, 11) is 1.65. The van der Waals surface area contributed by atoms with Crippen molar-refractivity contribution in [1.29, 1.82) is 5.41 Å². The quantitative estimate of drug-likeness (QED) is 0.445. The van der Waals surface area contributed by atoms with Crippen LogP contribution in [0.25, 0.3) is 0 Å². The first-order valence-corrected chi connectivity index (χ1v) is 12.1. The van der Waals surface area contributed by atoms with Gasteiger partial charge in [0.15, 0.2) is 5.78 Å². The van der Waals surface area contributed by atoms with Gasteiger partial charge in [-0.1, -0.05) is 26.8 Å². The molecule has 0 atom stereocenters. The van der Waals surface area contributed by atoms with E-state index in [1.165, 1.54) is 12.8 Å². The molecule has 0 radical (unpaired) electrons. The average molecular weight is 546 g/mol. The number of benzene rings is 1. The molecule has 0 bridgehead atoms. The minimum Gasteiger partial charge on any atom is -0.494 e. The van der Waals surface area contributed by atoms with Crippen molar-refractivity contribution in [2.75, 3.05) is 38.3 Å². The number of likely N-dealkylation sites (N-methyl/N-ethyl adjacent to an activating group) is 1. The molecular weight excluding hydrogens is 508 g/mol. The van der Waals surface area contributed by atoms with Crippen molar-refractivity contribution in [3.05, 3.63) is 52.3 Å². The second-order valence-corrected chi connectivity index (χ2v) is 10.3. The van der Waals surface area contributed by atoms with Crippen molar-refractivity contribution < 1.29 is 14.6 Å². The van der Waals surface area contributed by atoms with Gasteiger partial charge < -0.3 is 19.6 Å². The van der Waals surface area contributed by atoms with E-state index in [9.17, 15) is 9.90 Å². The van der Waals surface area contributed by atoms with Crippen LogP contribution in [0, 0.1) is 5.41 Å². The van der Waals surface area contributed by atoms with Gasteiger partial charge in [-0.25, -0.2) is 4.98 Å². The van der Waals surface area contributed by atoms with Gasteiger partial charge in [-0.15, -0.1) is 17.0 Å². The van der Waals surface area contributed by atoms with Gasteiger partial charge in [-0.2, -0.15) is 0 Å². The Labute approximate surface area is 218 Å². The van der Waals surface area contributed by atoms with Gasteiger partial charge in [0, 0.05) is 47.9 Å². The summed E-state index contributed by atoms with van der Waals surface area (Å²) in [5.74, 6) is 1.54. The molecular formula is C27H37BrN4O3. The lowest BCUT2D eigenvalue weighted by atomic mass is 9.84. The number of halogens is 1. The monoisotopic (exact) mass is 544 g/mol. The molecule has 2 aliphatic rings. The minimum atomic E-state index is -0.241. The molecule has 35 heavy (non-hydrogen) atoms. The summed E-state index contributed by atoms with van der Waals surface area (Å²) in [5, 5.41) is 18.2. The number of carbonyl (C=O) groups is 1. The van der Waals surface area contributed by atoms with Crippen molar-refractivity contribution in [3.8, 4) is 5.75 Å². The molecule has 1 aromatic heterocycles. The summed E-state index contributed by atoms with van der Waals surface area (Å²) < 4.78 is 5.81. The first-order chi connectivity index (χ1) is 16.2. The lowest BCUT2D eigenvalue weighted by Crippen LogP contribution is -2.31. The number of amidine groups is 1. The lowest BCUT2D eigenvalue weighted by molar-refractivity contribution is 0.0962. The zero-order valence-corrected chi connectivity index (χ0v) is 23.1. The van der Waals surface area contributed by atoms with Crippen LogP contribution in [0.15, 0.2) is 24.3 Å². The van der Waals surface area contributed by atoms with E-state index in [0.29, 0.717) is 42.6 Å². The molecule has 1 fully saturated rings. The third-order valence-corrected chi connectivity index (χ3v) is 6.73. The van der Waals surface area contributed by atoms with Crippen molar-refractivity contribution >= 4 is 34.3 Å². The second kappa shape index (κ2) is 10.7. The molecule has 2 heterocycles. The first kappa shape index (κ1) is 27.1. The zero-order chi connectivity index (χ0) is 24.6. The Morgan fingerprint density at radius 2 is 2.00 bits per heavy atom. The Morgan fingerprint density at radius 1 is 1.29 bits per heavy atom. The molecule has 0 spiro atoms. The molecule has 0 unspecified atom stereocenters. The number of aliphatic hydroxyl groups is 1. The summed E-state index contributed by atoms with van der Waals surface area (Å²) >= 11 is 0. The van der Waals surface area contributed by atoms with E-state index in [0.717, 1.165) is 28.3 Å². The largest absolute Gasteiger partial charge is 0.494 e. The highest BCUT2D eigenvalue weighted by atomic mass is 79.9. The van der Waals surface area contributed by atoms with Crippen LogP contribution in [-0.2, 0) is 12.0 Å². The third kappa shape index (κ3) is 5.54. The van der Waals surface area contributed by atoms with Crippen LogP contribution < -0.4 is 9.64 Å². The highest BCUT2D eigenvalue weighted by molar-refractivity contribution is 8.93. The Bertz CT molecular complexity index is 1110. The topological polar surface area (TPSA) is 89.8 Å². The molecule has 1 aromatic carbocycles. The fraction of sp³-hybridized carbons (Fsp3) is 0.519. The Kier molecular flexibility index (Phi) is 8.27. The number of pyridine rings is 1. The fourth-order valence-electron chi connectivity index (χ4n) is 4.63. The van der Waals surface area contributed by atoms with Crippen molar-refractivity contribution in [2.24, 2.45) is 0 Å². The maximum absolute atomic E-state index is 13.5. The van der Waals surface area contributed by atoms with E-state index in [1.54, 1.807) is 7.11 Å². The Morgan fingerprint density at radius 3 is 2.57 bits per heavy atom. The van der Waals surface area contributed by atoms with E-state index in [2.05, 4.69) is 32.9 Å². The number of rotatable bonds is 9. The van der Waals surface area contributed by atoms with E-state index in [-0.39, 0.29) is 41.3 Å². The van der Waals surface area contributed by atoms with Gasteiger partial charge in [0.1, 0.15) is 17.3 Å². The van der Waals surface area contributed by atoms with E-state index in [4.69, 9.17) is 15.1 Å². The molecule has 1 saturated carbocycles. The smallest absolute Gasteiger partial charge is 0.182 e. The van der Waals surface area contributed by atoms with Gasteiger partial charge >= 0.3 is 0 Å². The van der Waals surface area contributed by atoms with Crippen molar-refractivity contribution in [2.45, 2.75) is 58.4 Å². The number of nitrogens with zero attached hydrogens (tertiary/aromatic N) is 3. The minimum absolute atomic E-state index is 0. The van der Waals surface area contributed by atoms with Crippen LogP contribution in [0.4, 0.5) is 5.69 Å². The van der Waals surface area contributed by atoms with Gasteiger partial charge in [0.05, 0.1) is 25.9 Å². The number of aromatic nitrogens is 1. The number of ether oxygens (including phenoxy) is 1. The summed E-state index contributed by atoms with van der Waals surface area (Å²) in [4.78, 5) is 22.1. The van der Waals surface area contributed by atoms with Gasteiger partial charge in [0.25, 0.3) is 0 Å². The van der Waals surface area contributed by atoms with Crippen LogP contribution >= 0.6 is 17.0 Å². The number of carbonyl (C=O) groups excluding carboxylic acids is 1. The lowest BCUT2D eigenvalue weighted by Gasteiger charge is -2.30. The number of ketones is 1. The Balaban J connectivity index is 0.00000342. The van der Waals surface area contributed by atoms with Gasteiger partial charge in [0.2, 0.25) is 0 Å². The SMILES string of the molecule is Br.CCN(CCO)c1cc(C(=O)CN2Cc3ccc(C4CC4)nc3C2=N)cc(C(C)(C)C)c1OC. The number of aliphatic hydroxyl groups excluding tert-OH is 1. The highest BCUT2D eigenvalue weighted by Gasteiger charge is 2.32. The Hall–Kier alpha value is -2.45. The summed E-state index contributed by atoms with van der Waals surface area (Å²) in [6, 6.07) is 7.92. The van der Waals surface area contributed by atoms with Crippen molar-refractivity contribution in [1.82, 2.24) is 9.88 Å². The molecule has 0 amide bonds. The van der Waals surface area contributed by atoms with Crippen LogP contribution in [0.3, 0.4) is 0 Å². The molecule has 2 N–H and O–H groups in total. The number of hydrogen-bond acceptors (Lipinski definition) is 6. The van der Waals surface area contributed by atoms with Crippen LogP contribution in [0.5, 0.6) is 5.75 Å².